The number of benzene rings is 2. The van der Waals surface area contributed by atoms with Crippen molar-refractivity contribution in [2.75, 3.05) is 12.8 Å². The Bertz CT molecular complexity index is 1390. The van der Waals surface area contributed by atoms with Crippen molar-refractivity contribution >= 4 is 26.3 Å². The molecule has 1 aliphatic carbocycles. The van der Waals surface area contributed by atoms with E-state index in [9.17, 15) is 18.5 Å². The summed E-state index contributed by atoms with van der Waals surface area (Å²) in [5, 5.41) is 22.0. The van der Waals surface area contributed by atoms with E-state index in [0.717, 1.165) is 46.4 Å². The van der Waals surface area contributed by atoms with Crippen LogP contribution in [0.3, 0.4) is 0 Å². The van der Waals surface area contributed by atoms with E-state index in [-0.39, 0.29) is 18.7 Å². The average Bonchev–Trinajstić information content (AvgIpc) is 3.44. The van der Waals surface area contributed by atoms with Gasteiger partial charge in [-0.3, -0.25) is 4.79 Å². The highest BCUT2D eigenvalue weighted by Crippen LogP contribution is 2.40. The minimum atomic E-state index is -3.71. The number of nitriles is 1. The molecule has 1 aliphatic rings. The first kappa shape index (κ1) is 24.0. The van der Waals surface area contributed by atoms with Crippen molar-refractivity contribution in [3.05, 3.63) is 53.1 Å². The lowest BCUT2D eigenvalue weighted by atomic mass is 10.0. The van der Waals surface area contributed by atoms with Gasteiger partial charge in [-0.2, -0.15) is 5.26 Å². The summed E-state index contributed by atoms with van der Waals surface area (Å²) in [7, 11) is -3.71. The van der Waals surface area contributed by atoms with Crippen LogP contribution in [0.15, 0.2) is 36.4 Å². The molecule has 1 aromatic heterocycles. The van der Waals surface area contributed by atoms with Crippen LogP contribution in [0.1, 0.15) is 43.0 Å². The van der Waals surface area contributed by atoms with Crippen molar-refractivity contribution in [2.45, 2.75) is 38.8 Å². The van der Waals surface area contributed by atoms with Crippen LogP contribution < -0.4 is 10.1 Å². The zero-order valence-corrected chi connectivity index (χ0v) is 20.7. The van der Waals surface area contributed by atoms with Crippen LogP contribution >= 0.6 is 11.3 Å². The molecule has 0 bridgehead atoms. The molecule has 34 heavy (non-hydrogen) atoms. The maximum Gasteiger partial charge on any atom is 0.259 e. The highest BCUT2D eigenvalue weighted by molar-refractivity contribution is 8.05. The summed E-state index contributed by atoms with van der Waals surface area (Å²) >= 11 is 1.44. The molecule has 4 rings (SSSR count). The van der Waals surface area contributed by atoms with Crippen molar-refractivity contribution in [2.24, 2.45) is 0 Å². The van der Waals surface area contributed by atoms with Crippen molar-refractivity contribution in [3.63, 3.8) is 0 Å². The molecule has 1 atom stereocenters. The molecular weight excluding hydrogens is 472 g/mol. The van der Waals surface area contributed by atoms with E-state index < -0.39 is 15.0 Å². The van der Waals surface area contributed by atoms with E-state index in [0.29, 0.717) is 16.3 Å². The van der Waals surface area contributed by atoms with Crippen LogP contribution in [-0.4, -0.2) is 42.6 Å². The number of carbonyl (C=O) groups is 1. The lowest BCUT2D eigenvalue weighted by Gasteiger charge is -2.13. The van der Waals surface area contributed by atoms with Crippen LogP contribution in [-0.2, 0) is 21.1 Å². The predicted octanol–water partition coefficient (Wildman–Crippen LogP) is 3.68. The Kier molecular flexibility index (Phi) is 6.79. The molecule has 0 saturated carbocycles. The molecule has 8 nitrogen and oxygen atoms in total. The van der Waals surface area contributed by atoms with Gasteiger partial charge in [-0.1, -0.05) is 29.5 Å². The van der Waals surface area contributed by atoms with Crippen LogP contribution in [0.2, 0.25) is 0 Å². The van der Waals surface area contributed by atoms with Gasteiger partial charge in [-0.05, 0) is 56.0 Å². The fraction of sp³-hybridized carbons (Fsp3) is 0.333. The molecule has 0 saturated heterocycles. The first-order valence-electron chi connectivity index (χ1n) is 10.8. The van der Waals surface area contributed by atoms with E-state index in [1.165, 1.54) is 11.3 Å². The third kappa shape index (κ3) is 5.01. The number of ether oxygens (including phenoxy) is 1. The topological polar surface area (TPSA) is 122 Å². The fourth-order valence-corrected chi connectivity index (χ4v) is 5.20. The van der Waals surface area contributed by atoms with Gasteiger partial charge >= 0.3 is 0 Å². The van der Waals surface area contributed by atoms with Gasteiger partial charge in [0.05, 0.1) is 18.2 Å². The number of rotatable bonds is 7. The number of hydrogen-bond donors (Lipinski definition) is 1. The van der Waals surface area contributed by atoms with Gasteiger partial charge in [0.2, 0.25) is 9.84 Å². The number of fused-ring (bicyclic) bond motifs is 1. The molecule has 1 N–H and O–H groups in total. The Morgan fingerprint density at radius 1 is 1.26 bits per heavy atom. The zero-order valence-electron chi connectivity index (χ0n) is 19.0. The summed E-state index contributed by atoms with van der Waals surface area (Å²) in [5.74, 6) is 0.541. The fourth-order valence-electron chi connectivity index (χ4n) is 3.96. The van der Waals surface area contributed by atoms with Gasteiger partial charge in [0, 0.05) is 23.4 Å². The Morgan fingerprint density at radius 3 is 2.74 bits per heavy atom. The zero-order chi connectivity index (χ0) is 24.5. The summed E-state index contributed by atoms with van der Waals surface area (Å²) in [4.78, 5) is 11.8. The largest absolute Gasteiger partial charge is 0.490 e. The summed E-state index contributed by atoms with van der Waals surface area (Å²) in [6.07, 6.45) is 2.44. The molecule has 3 aromatic rings. The molecule has 2 aromatic carbocycles. The van der Waals surface area contributed by atoms with E-state index in [1.807, 2.05) is 38.1 Å². The van der Waals surface area contributed by atoms with Gasteiger partial charge in [0.15, 0.2) is 0 Å². The third-order valence-corrected chi connectivity index (χ3v) is 7.52. The summed E-state index contributed by atoms with van der Waals surface area (Å²) in [5.41, 5.74) is 4.37. The summed E-state index contributed by atoms with van der Waals surface area (Å²) in [6.45, 7) is 3.61. The molecule has 0 radical (unpaired) electrons. The number of hydrogen-bond acceptors (Lipinski definition) is 9. The number of nitrogens with zero attached hydrogens (tertiary/aromatic N) is 3. The number of nitrogens with one attached hydrogen (secondary N) is 1. The smallest absolute Gasteiger partial charge is 0.259 e. The monoisotopic (exact) mass is 496 g/mol. The van der Waals surface area contributed by atoms with Crippen LogP contribution in [0, 0.1) is 11.3 Å². The normalized spacial score (nSPS) is 15.2. The van der Waals surface area contributed by atoms with Crippen LogP contribution in [0.4, 0.5) is 0 Å². The molecule has 10 heteroatoms. The van der Waals surface area contributed by atoms with Gasteiger partial charge in [0.1, 0.15) is 21.8 Å². The highest BCUT2D eigenvalue weighted by Gasteiger charge is 2.27. The summed E-state index contributed by atoms with van der Waals surface area (Å²) in [6, 6.07) is 13.4. The second-order valence-electron chi connectivity index (χ2n) is 8.39. The number of sulfone groups is 1. The third-order valence-electron chi connectivity index (χ3n) is 5.54. The first-order chi connectivity index (χ1) is 16.2. The Labute approximate surface area is 202 Å². The van der Waals surface area contributed by atoms with Gasteiger partial charge < -0.3 is 10.1 Å². The van der Waals surface area contributed by atoms with Crippen LogP contribution in [0.25, 0.3) is 21.1 Å². The van der Waals surface area contributed by atoms with E-state index >= 15 is 0 Å². The molecular formula is C24H24N4O4S2. The van der Waals surface area contributed by atoms with E-state index in [1.54, 1.807) is 12.1 Å². The molecule has 0 spiro atoms. The summed E-state index contributed by atoms with van der Waals surface area (Å²) < 4.78 is 28.5. The standard InChI is InChI=1S/C24H24N4O4S2/c1-14(2)32-21-10-7-15(11-16(21)12-25)23-27-28-24(33-23)19-6-4-5-18-17(19)8-9-20(18)26-13-22(29)34(3,30)31/h4-7,10-11,14,20,26H,8-9,13H2,1-3H3/t20-/m0/s1. The molecule has 0 unspecified atom stereocenters. The highest BCUT2D eigenvalue weighted by atomic mass is 32.2. The molecule has 0 aliphatic heterocycles. The first-order valence-corrected chi connectivity index (χ1v) is 13.5. The van der Waals surface area contributed by atoms with E-state index in [4.69, 9.17) is 4.74 Å². The lowest BCUT2D eigenvalue weighted by molar-refractivity contribution is -0.111. The Hall–Kier alpha value is -3.13. The van der Waals surface area contributed by atoms with Gasteiger partial charge in [-0.15, -0.1) is 10.2 Å². The SMILES string of the molecule is CC(C)Oc1ccc(-c2nnc(-c3cccc4c3CC[C@@H]4NCC(=O)S(C)(=O)=O)s2)cc1C#N. The van der Waals surface area contributed by atoms with Gasteiger partial charge in [0.25, 0.3) is 5.12 Å². The Balaban J connectivity index is 1.58. The van der Waals surface area contributed by atoms with E-state index in [2.05, 4.69) is 21.6 Å². The number of carbonyl (C=O) groups excluding carboxylic acids is 1. The predicted molar refractivity (Wildman–Crippen MR) is 130 cm³/mol. The van der Waals surface area contributed by atoms with Gasteiger partial charge in [-0.25, -0.2) is 8.42 Å². The van der Waals surface area contributed by atoms with Crippen molar-refractivity contribution in [3.8, 4) is 33.0 Å². The van der Waals surface area contributed by atoms with Crippen molar-refractivity contribution in [1.82, 2.24) is 15.5 Å². The van der Waals surface area contributed by atoms with Crippen LogP contribution in [0.5, 0.6) is 5.75 Å². The minimum Gasteiger partial charge on any atom is -0.490 e. The maximum absolute atomic E-state index is 11.8. The van der Waals surface area contributed by atoms with Crippen molar-refractivity contribution in [1.29, 1.82) is 5.26 Å². The van der Waals surface area contributed by atoms with Crippen molar-refractivity contribution < 1.29 is 17.9 Å². The molecule has 176 valence electrons. The average molecular weight is 497 g/mol. The molecule has 1 heterocycles. The second-order valence-corrected chi connectivity index (χ2v) is 11.4. The number of aromatic nitrogens is 2. The Morgan fingerprint density at radius 2 is 2.03 bits per heavy atom. The lowest BCUT2D eigenvalue weighted by Crippen LogP contribution is -2.30. The molecule has 0 fully saturated rings. The minimum absolute atomic E-state index is 0.0333. The maximum atomic E-state index is 11.8. The molecule has 0 amide bonds. The second kappa shape index (κ2) is 9.62. The quantitative estimate of drug-likeness (QED) is 0.526.